The monoisotopic (exact) mass is 441 g/mol. The number of nitrogens with zero attached hydrogens (tertiary/aromatic N) is 4. The normalized spacial score (nSPS) is 31.4. The molecule has 1 saturated carbocycles. The van der Waals surface area contributed by atoms with E-state index in [0.29, 0.717) is 11.8 Å². The first kappa shape index (κ1) is 22.5. The third kappa shape index (κ3) is 4.58. The minimum Gasteiger partial charge on any atom is -0.331 e. The summed E-state index contributed by atoms with van der Waals surface area (Å²) in [6.07, 6.45) is 1.52. The molecule has 2 heterocycles. The summed E-state index contributed by atoms with van der Waals surface area (Å²) >= 11 is 0. The molecule has 0 spiro atoms. The van der Waals surface area contributed by atoms with E-state index in [9.17, 15) is 19.2 Å². The first-order chi connectivity index (χ1) is 15.3. The van der Waals surface area contributed by atoms with Crippen LogP contribution in [-0.4, -0.2) is 84.7 Å². The van der Waals surface area contributed by atoms with Crippen LogP contribution in [0.15, 0.2) is 30.3 Å². The summed E-state index contributed by atoms with van der Waals surface area (Å²) in [4.78, 5) is 30.2. The van der Waals surface area contributed by atoms with E-state index < -0.39 is 12.2 Å². The van der Waals surface area contributed by atoms with Gasteiger partial charge in [-0.05, 0) is 36.7 Å². The molecule has 1 aromatic rings. The second kappa shape index (κ2) is 9.07. The molecule has 1 aromatic carbocycles. The molecule has 0 aromatic heterocycles. The van der Waals surface area contributed by atoms with Gasteiger partial charge in [-0.15, -0.1) is 0 Å². The number of amides is 3. The number of hydrogen-bond acceptors (Lipinski definition) is 4. The summed E-state index contributed by atoms with van der Waals surface area (Å²) in [5.41, 5.74) is 0.949. The zero-order chi connectivity index (χ0) is 22.9. The SMILES string of the molecule is CN(C)C(=O)N1CC2CC(Cc3ccccc3)(NCC(=O)N3CC(F)CC3C#N)CC2C1. The summed E-state index contributed by atoms with van der Waals surface area (Å²) in [5.74, 6) is 0.559. The second-order valence-corrected chi connectivity index (χ2v) is 9.83. The summed E-state index contributed by atoms with van der Waals surface area (Å²) in [7, 11) is 3.55. The Bertz CT molecular complexity index is 872. The fraction of sp³-hybridized carbons (Fsp3) is 0.625. The number of hydrogen-bond donors (Lipinski definition) is 1. The molecule has 3 aliphatic rings. The topological polar surface area (TPSA) is 79.7 Å². The van der Waals surface area contributed by atoms with E-state index in [1.165, 1.54) is 10.5 Å². The number of carbonyl (C=O) groups is 2. The van der Waals surface area contributed by atoms with Gasteiger partial charge in [-0.3, -0.25) is 4.79 Å². The average molecular weight is 442 g/mol. The van der Waals surface area contributed by atoms with E-state index in [0.717, 1.165) is 32.4 Å². The number of urea groups is 1. The summed E-state index contributed by atoms with van der Waals surface area (Å²) in [6, 6.07) is 11.6. The molecule has 4 unspecified atom stereocenters. The minimum atomic E-state index is -1.13. The Morgan fingerprint density at radius 1 is 1.19 bits per heavy atom. The van der Waals surface area contributed by atoms with Crippen molar-refractivity contribution in [3.05, 3.63) is 35.9 Å². The molecule has 2 aliphatic heterocycles. The number of fused-ring (bicyclic) bond motifs is 1. The highest BCUT2D eigenvalue weighted by atomic mass is 19.1. The van der Waals surface area contributed by atoms with Crippen molar-refractivity contribution in [2.75, 3.05) is 40.3 Å². The summed E-state index contributed by atoms with van der Waals surface area (Å²) in [5, 5.41) is 12.8. The lowest BCUT2D eigenvalue weighted by Gasteiger charge is -2.34. The Morgan fingerprint density at radius 2 is 1.84 bits per heavy atom. The molecular weight excluding hydrogens is 409 g/mol. The quantitative estimate of drug-likeness (QED) is 0.759. The zero-order valence-electron chi connectivity index (χ0n) is 18.8. The molecule has 8 heteroatoms. The van der Waals surface area contributed by atoms with E-state index in [-0.39, 0.29) is 37.0 Å². The predicted molar refractivity (Wildman–Crippen MR) is 118 cm³/mol. The van der Waals surface area contributed by atoms with Crippen molar-refractivity contribution in [3.8, 4) is 6.07 Å². The van der Waals surface area contributed by atoms with Gasteiger partial charge in [0.1, 0.15) is 12.2 Å². The molecule has 4 atom stereocenters. The van der Waals surface area contributed by atoms with E-state index in [4.69, 9.17) is 0 Å². The standard InChI is InChI=1S/C24H32FN5O2/c1-28(2)23(32)29-14-18-10-24(11-19(18)15-29,9-17-6-4-3-5-7-17)27-13-22(31)30-16-20(25)8-21(30)12-26/h3-7,18-21,27H,8-11,13-16H2,1-2H3. The van der Waals surface area contributed by atoms with Crippen LogP contribution in [0.5, 0.6) is 0 Å². The van der Waals surface area contributed by atoms with Gasteiger partial charge < -0.3 is 20.0 Å². The fourth-order valence-electron chi connectivity index (χ4n) is 5.81. The number of likely N-dealkylation sites (tertiary alicyclic amines) is 2. The lowest BCUT2D eigenvalue weighted by Crippen LogP contribution is -2.51. The van der Waals surface area contributed by atoms with Crippen molar-refractivity contribution in [1.82, 2.24) is 20.0 Å². The molecule has 0 radical (unpaired) electrons. The number of benzene rings is 1. The van der Waals surface area contributed by atoms with Crippen LogP contribution in [0.3, 0.4) is 0 Å². The molecule has 1 aliphatic carbocycles. The van der Waals surface area contributed by atoms with Crippen molar-refractivity contribution >= 4 is 11.9 Å². The van der Waals surface area contributed by atoms with E-state index in [1.54, 1.807) is 19.0 Å². The minimum absolute atomic E-state index is 0.00270. The number of alkyl halides is 1. The van der Waals surface area contributed by atoms with Crippen LogP contribution in [0.2, 0.25) is 0 Å². The third-order valence-corrected chi connectivity index (χ3v) is 7.25. The van der Waals surface area contributed by atoms with Crippen LogP contribution in [0.25, 0.3) is 0 Å². The fourth-order valence-corrected chi connectivity index (χ4v) is 5.81. The maximum Gasteiger partial charge on any atom is 0.319 e. The van der Waals surface area contributed by atoms with Gasteiger partial charge in [-0.1, -0.05) is 30.3 Å². The number of carbonyl (C=O) groups excluding carboxylic acids is 2. The molecule has 2 saturated heterocycles. The molecule has 3 amide bonds. The van der Waals surface area contributed by atoms with Crippen LogP contribution in [0, 0.1) is 23.2 Å². The zero-order valence-corrected chi connectivity index (χ0v) is 18.8. The van der Waals surface area contributed by atoms with Gasteiger partial charge in [0.25, 0.3) is 0 Å². The van der Waals surface area contributed by atoms with Gasteiger partial charge in [0, 0.05) is 39.1 Å². The Kier molecular flexibility index (Phi) is 6.38. The predicted octanol–water partition coefficient (Wildman–Crippen LogP) is 2.04. The highest BCUT2D eigenvalue weighted by Gasteiger charge is 2.50. The highest BCUT2D eigenvalue weighted by molar-refractivity contribution is 5.79. The van der Waals surface area contributed by atoms with Crippen molar-refractivity contribution in [3.63, 3.8) is 0 Å². The van der Waals surface area contributed by atoms with Crippen LogP contribution in [0.4, 0.5) is 9.18 Å². The van der Waals surface area contributed by atoms with Gasteiger partial charge in [-0.2, -0.15) is 5.26 Å². The van der Waals surface area contributed by atoms with Gasteiger partial charge in [0.05, 0.1) is 19.2 Å². The largest absolute Gasteiger partial charge is 0.331 e. The van der Waals surface area contributed by atoms with Crippen LogP contribution in [-0.2, 0) is 11.2 Å². The number of nitriles is 1. The van der Waals surface area contributed by atoms with Crippen molar-refractivity contribution in [1.29, 1.82) is 5.26 Å². The number of rotatable bonds is 5. The van der Waals surface area contributed by atoms with Crippen molar-refractivity contribution < 1.29 is 14.0 Å². The molecular formula is C24H32FN5O2. The van der Waals surface area contributed by atoms with Gasteiger partial charge in [0.15, 0.2) is 0 Å². The maximum atomic E-state index is 13.8. The molecule has 3 fully saturated rings. The third-order valence-electron chi connectivity index (χ3n) is 7.25. The van der Waals surface area contributed by atoms with Crippen molar-refractivity contribution in [2.24, 2.45) is 11.8 Å². The first-order valence-corrected chi connectivity index (χ1v) is 11.4. The molecule has 4 rings (SSSR count). The summed E-state index contributed by atoms with van der Waals surface area (Å²) < 4.78 is 13.8. The van der Waals surface area contributed by atoms with E-state index in [2.05, 4.69) is 23.5 Å². The van der Waals surface area contributed by atoms with Crippen molar-refractivity contribution in [2.45, 2.75) is 43.4 Å². The second-order valence-electron chi connectivity index (χ2n) is 9.83. The van der Waals surface area contributed by atoms with Gasteiger partial charge >= 0.3 is 6.03 Å². The Hall–Kier alpha value is -2.66. The molecule has 32 heavy (non-hydrogen) atoms. The lowest BCUT2D eigenvalue weighted by atomic mass is 9.87. The van der Waals surface area contributed by atoms with Crippen LogP contribution in [0.1, 0.15) is 24.8 Å². The van der Waals surface area contributed by atoms with E-state index >= 15 is 0 Å². The maximum absolute atomic E-state index is 13.8. The number of halogens is 1. The average Bonchev–Trinajstić information content (AvgIpc) is 3.43. The first-order valence-electron chi connectivity index (χ1n) is 11.4. The van der Waals surface area contributed by atoms with Crippen LogP contribution < -0.4 is 5.32 Å². The highest BCUT2D eigenvalue weighted by Crippen LogP contribution is 2.45. The van der Waals surface area contributed by atoms with Gasteiger partial charge in [-0.25, -0.2) is 9.18 Å². The molecule has 7 nitrogen and oxygen atoms in total. The Morgan fingerprint density at radius 3 is 2.44 bits per heavy atom. The lowest BCUT2D eigenvalue weighted by molar-refractivity contribution is -0.130. The molecule has 1 N–H and O–H groups in total. The molecule has 172 valence electrons. The molecule has 0 bridgehead atoms. The van der Waals surface area contributed by atoms with Crippen LogP contribution >= 0.6 is 0 Å². The smallest absolute Gasteiger partial charge is 0.319 e. The summed E-state index contributed by atoms with van der Waals surface area (Å²) in [6.45, 7) is 1.56. The van der Waals surface area contributed by atoms with Gasteiger partial charge in [0.2, 0.25) is 5.91 Å². The Labute approximate surface area is 189 Å². The van der Waals surface area contributed by atoms with E-state index in [1.807, 2.05) is 23.1 Å². The Balaban J connectivity index is 1.46. The number of nitrogens with one attached hydrogen (secondary N) is 1.